The predicted octanol–water partition coefficient (Wildman–Crippen LogP) is 9.38. The van der Waals surface area contributed by atoms with Gasteiger partial charge in [-0.2, -0.15) is 0 Å². The standard InChI is InChI=1S/C45H56N4O5/c1-8-9-10-11-12-27-53-37-23-19-32(20-24-37)35-29-46-41(47-30-35)33-15-13-31(14-16-33)28-38(40(50)39-25-26-49(39)43(52)54-45(5,6)7)48-42(51)34-17-21-36(22-18-34)44(2,3)4/h13-24,29-30,38-39H,8-12,25-28H2,1-7H3,(H,48,51)/t38?,39-/m0/s1. The fraction of sp³-hybridized carbons (Fsp3) is 0.444. The Labute approximate surface area is 320 Å². The van der Waals surface area contributed by atoms with E-state index in [1.807, 2.05) is 73.1 Å². The molecule has 2 heterocycles. The van der Waals surface area contributed by atoms with E-state index in [4.69, 9.17) is 9.47 Å². The van der Waals surface area contributed by atoms with Gasteiger partial charge >= 0.3 is 6.09 Å². The van der Waals surface area contributed by atoms with Crippen LogP contribution in [-0.4, -0.2) is 63.5 Å². The maximum Gasteiger partial charge on any atom is 0.410 e. The quantitative estimate of drug-likeness (QED) is 0.121. The van der Waals surface area contributed by atoms with Crippen LogP contribution in [0.15, 0.2) is 85.2 Å². The van der Waals surface area contributed by atoms with E-state index in [2.05, 4.69) is 43.0 Å². The molecule has 1 aromatic heterocycles. The van der Waals surface area contributed by atoms with Gasteiger partial charge in [-0.05, 0) is 86.4 Å². The van der Waals surface area contributed by atoms with Gasteiger partial charge in [0.25, 0.3) is 5.91 Å². The van der Waals surface area contributed by atoms with Crippen molar-refractivity contribution in [3.05, 3.63) is 102 Å². The Kier molecular flexibility index (Phi) is 13.3. The van der Waals surface area contributed by atoms with Gasteiger partial charge in [0.05, 0.1) is 18.7 Å². The predicted molar refractivity (Wildman–Crippen MR) is 214 cm³/mol. The van der Waals surface area contributed by atoms with Gasteiger partial charge in [-0.25, -0.2) is 14.8 Å². The largest absolute Gasteiger partial charge is 0.494 e. The number of aromatic nitrogens is 2. The number of amides is 2. The van der Waals surface area contributed by atoms with Crippen LogP contribution in [0.1, 0.15) is 108 Å². The van der Waals surface area contributed by atoms with E-state index in [1.54, 1.807) is 32.9 Å². The molecule has 1 N–H and O–H groups in total. The van der Waals surface area contributed by atoms with Crippen molar-refractivity contribution < 1.29 is 23.9 Å². The van der Waals surface area contributed by atoms with E-state index >= 15 is 0 Å². The molecule has 286 valence electrons. The summed E-state index contributed by atoms with van der Waals surface area (Å²) in [6.07, 6.45) is 9.89. The molecule has 4 aromatic rings. The molecule has 54 heavy (non-hydrogen) atoms. The summed E-state index contributed by atoms with van der Waals surface area (Å²) in [7, 11) is 0. The Morgan fingerprint density at radius 1 is 0.796 bits per heavy atom. The van der Waals surface area contributed by atoms with Crippen molar-refractivity contribution in [2.24, 2.45) is 0 Å². The van der Waals surface area contributed by atoms with Gasteiger partial charge < -0.3 is 14.8 Å². The first-order valence-corrected chi connectivity index (χ1v) is 19.3. The van der Waals surface area contributed by atoms with Gasteiger partial charge in [0, 0.05) is 35.6 Å². The van der Waals surface area contributed by atoms with Crippen LogP contribution >= 0.6 is 0 Å². The Morgan fingerprint density at radius 3 is 2.00 bits per heavy atom. The second kappa shape index (κ2) is 17.9. The summed E-state index contributed by atoms with van der Waals surface area (Å²) in [5.74, 6) is 0.868. The molecule has 9 nitrogen and oxygen atoms in total. The first-order valence-electron chi connectivity index (χ1n) is 19.3. The Bertz CT molecular complexity index is 1840. The number of benzene rings is 3. The topological polar surface area (TPSA) is 111 Å². The highest BCUT2D eigenvalue weighted by molar-refractivity contribution is 6.00. The third kappa shape index (κ3) is 11.0. The van der Waals surface area contributed by atoms with Crippen molar-refractivity contribution in [2.75, 3.05) is 13.2 Å². The van der Waals surface area contributed by atoms with E-state index in [9.17, 15) is 14.4 Å². The molecule has 1 fully saturated rings. The van der Waals surface area contributed by atoms with E-state index in [1.165, 1.54) is 30.6 Å². The number of unbranched alkanes of at least 4 members (excludes halogenated alkanes) is 4. The molecule has 3 aromatic carbocycles. The minimum absolute atomic E-state index is 0.0587. The van der Waals surface area contributed by atoms with Crippen LogP contribution in [0.5, 0.6) is 5.75 Å². The van der Waals surface area contributed by atoms with E-state index in [-0.39, 0.29) is 23.5 Å². The molecule has 5 rings (SSSR count). The van der Waals surface area contributed by atoms with Gasteiger partial charge in [0.2, 0.25) is 0 Å². The number of ketones is 1. The van der Waals surface area contributed by atoms with Gasteiger partial charge in [0.15, 0.2) is 11.6 Å². The number of ether oxygens (including phenoxy) is 2. The molecule has 0 saturated carbocycles. The third-order valence-electron chi connectivity index (χ3n) is 9.65. The van der Waals surface area contributed by atoms with Gasteiger partial charge in [0.1, 0.15) is 11.4 Å². The average Bonchev–Trinajstić information content (AvgIpc) is 3.12. The highest BCUT2D eigenvalue weighted by Gasteiger charge is 2.42. The summed E-state index contributed by atoms with van der Waals surface area (Å²) in [5.41, 5.74) is 4.42. The van der Waals surface area contributed by atoms with Crippen LogP contribution in [-0.2, 0) is 21.4 Å². The number of nitrogens with zero attached hydrogens (tertiary/aromatic N) is 3. The molecule has 2 atom stereocenters. The maximum atomic E-state index is 14.0. The Balaban J connectivity index is 1.25. The van der Waals surface area contributed by atoms with Crippen molar-refractivity contribution in [3.63, 3.8) is 0 Å². The fourth-order valence-electron chi connectivity index (χ4n) is 6.33. The van der Waals surface area contributed by atoms with Crippen LogP contribution in [0.25, 0.3) is 22.5 Å². The lowest BCUT2D eigenvalue weighted by atomic mass is 9.86. The molecule has 1 unspecified atom stereocenters. The summed E-state index contributed by atoms with van der Waals surface area (Å²) < 4.78 is 11.5. The van der Waals surface area contributed by atoms with Gasteiger partial charge in [-0.15, -0.1) is 0 Å². The number of likely N-dealkylation sites (tertiary alicyclic amines) is 1. The van der Waals surface area contributed by atoms with Crippen LogP contribution in [0.4, 0.5) is 4.79 Å². The zero-order chi connectivity index (χ0) is 38.9. The molecule has 0 bridgehead atoms. The number of rotatable bonds is 15. The molecule has 2 amide bonds. The summed E-state index contributed by atoms with van der Waals surface area (Å²) in [5, 5.41) is 2.99. The first kappa shape index (κ1) is 40.1. The lowest BCUT2D eigenvalue weighted by Crippen LogP contribution is -2.61. The zero-order valence-electron chi connectivity index (χ0n) is 33.0. The molecule has 9 heteroatoms. The monoisotopic (exact) mass is 732 g/mol. The van der Waals surface area contributed by atoms with Gasteiger partial charge in [-0.3, -0.25) is 14.5 Å². The lowest BCUT2D eigenvalue weighted by molar-refractivity contribution is -0.130. The fourth-order valence-corrected chi connectivity index (χ4v) is 6.33. The van der Waals surface area contributed by atoms with Crippen LogP contribution in [0.3, 0.4) is 0 Å². The van der Waals surface area contributed by atoms with Crippen molar-refractivity contribution in [1.82, 2.24) is 20.2 Å². The minimum atomic E-state index is -0.862. The molecule has 1 aliphatic heterocycles. The number of hydrogen-bond acceptors (Lipinski definition) is 7. The molecule has 0 radical (unpaired) electrons. The highest BCUT2D eigenvalue weighted by Crippen LogP contribution is 2.27. The van der Waals surface area contributed by atoms with E-state index in [0.717, 1.165) is 46.6 Å². The SMILES string of the molecule is CCCCCCCOc1ccc(-c2cnc(-c3ccc(CC(NC(=O)c4ccc(C(C)(C)C)cc4)C(=O)[C@@H]4CCN4C(=O)OC(C)(C)C)cc3)nc2)cc1. The van der Waals surface area contributed by atoms with Crippen LogP contribution in [0, 0.1) is 0 Å². The minimum Gasteiger partial charge on any atom is -0.494 e. The summed E-state index contributed by atoms with van der Waals surface area (Å²) in [4.78, 5) is 51.2. The molecule has 0 aliphatic carbocycles. The van der Waals surface area contributed by atoms with Crippen molar-refractivity contribution >= 4 is 17.8 Å². The smallest absolute Gasteiger partial charge is 0.410 e. The molecular weight excluding hydrogens is 677 g/mol. The number of carbonyl (C=O) groups excluding carboxylic acids is 3. The number of carbonyl (C=O) groups is 3. The lowest BCUT2D eigenvalue weighted by Gasteiger charge is -2.41. The van der Waals surface area contributed by atoms with E-state index in [0.29, 0.717) is 24.4 Å². The molecule has 1 saturated heterocycles. The summed E-state index contributed by atoms with van der Waals surface area (Å²) >= 11 is 0. The second-order valence-corrected chi connectivity index (χ2v) is 16.2. The van der Waals surface area contributed by atoms with Crippen molar-refractivity contribution in [3.8, 4) is 28.3 Å². The maximum absolute atomic E-state index is 14.0. The molecule has 1 aliphatic rings. The van der Waals surface area contributed by atoms with Crippen molar-refractivity contribution in [2.45, 2.75) is 117 Å². The third-order valence-corrected chi connectivity index (χ3v) is 9.65. The Hall–Kier alpha value is -5.05. The average molecular weight is 733 g/mol. The zero-order valence-corrected chi connectivity index (χ0v) is 33.0. The van der Waals surface area contributed by atoms with Gasteiger partial charge in [-0.1, -0.05) is 102 Å². The van der Waals surface area contributed by atoms with Crippen LogP contribution in [0.2, 0.25) is 0 Å². The van der Waals surface area contributed by atoms with Crippen LogP contribution < -0.4 is 10.1 Å². The highest BCUT2D eigenvalue weighted by atomic mass is 16.6. The number of nitrogens with one attached hydrogen (secondary N) is 1. The number of hydrogen-bond donors (Lipinski definition) is 1. The normalized spacial score (nSPS) is 14.9. The molecular formula is C45H56N4O5. The first-order chi connectivity index (χ1) is 25.7. The number of Topliss-reactive ketones (excluding diaryl/α,β-unsaturated/α-hetero) is 1. The van der Waals surface area contributed by atoms with E-state index < -0.39 is 23.8 Å². The molecule has 0 spiro atoms. The second-order valence-electron chi connectivity index (χ2n) is 16.2. The summed E-state index contributed by atoms with van der Waals surface area (Å²) in [6, 6.07) is 21.6. The summed E-state index contributed by atoms with van der Waals surface area (Å²) in [6.45, 7) is 15.1. The Morgan fingerprint density at radius 2 is 1.43 bits per heavy atom. The van der Waals surface area contributed by atoms with Crippen molar-refractivity contribution in [1.29, 1.82) is 0 Å².